The van der Waals surface area contributed by atoms with Gasteiger partial charge in [-0.3, -0.25) is 0 Å². The van der Waals surface area contributed by atoms with Crippen LogP contribution in [0.5, 0.6) is 0 Å². The van der Waals surface area contributed by atoms with Crippen LogP contribution in [-0.2, 0) is 0 Å². The maximum absolute atomic E-state index is 9.05. The molecule has 0 saturated carbocycles. The first-order chi connectivity index (χ1) is 8.19. The van der Waals surface area contributed by atoms with Crippen LogP contribution in [0.2, 0.25) is 0 Å². The fourth-order valence-corrected chi connectivity index (χ4v) is 2.87. The van der Waals surface area contributed by atoms with Gasteiger partial charge in [-0.15, -0.1) is 0 Å². The molecule has 0 heterocycles. The van der Waals surface area contributed by atoms with Gasteiger partial charge in [-0.05, 0) is 36.4 Å². The number of halogens is 1. The highest BCUT2D eigenvalue weighted by Crippen LogP contribution is 2.32. The van der Waals surface area contributed by atoms with E-state index in [1.165, 1.54) is 0 Å². The Kier molecular flexibility index (Phi) is 3.72. The van der Waals surface area contributed by atoms with Gasteiger partial charge in [0.15, 0.2) is 0 Å². The second kappa shape index (κ2) is 5.26. The quantitative estimate of drug-likeness (QED) is 0.851. The molecule has 0 radical (unpaired) electrons. The Hall–Kier alpha value is -1.44. The van der Waals surface area contributed by atoms with Crippen molar-refractivity contribution in [2.45, 2.75) is 9.79 Å². The monoisotopic (exact) mass is 304 g/mol. The van der Waals surface area contributed by atoms with E-state index in [4.69, 9.17) is 11.0 Å². The minimum atomic E-state index is 0.606. The predicted molar refractivity (Wildman–Crippen MR) is 73.8 cm³/mol. The summed E-state index contributed by atoms with van der Waals surface area (Å²) in [5.74, 6) is 0. The Morgan fingerprint density at radius 2 is 2.00 bits per heavy atom. The lowest BCUT2D eigenvalue weighted by atomic mass is 10.2. The maximum atomic E-state index is 9.05. The Labute approximate surface area is 113 Å². The molecular formula is C13H9BrN2S. The van der Waals surface area contributed by atoms with E-state index in [0.29, 0.717) is 11.3 Å². The molecule has 2 aromatic rings. The van der Waals surface area contributed by atoms with Crippen LogP contribution in [0, 0.1) is 11.3 Å². The summed E-state index contributed by atoms with van der Waals surface area (Å²) in [6.07, 6.45) is 0. The summed E-state index contributed by atoms with van der Waals surface area (Å²) in [5, 5.41) is 9.05. The molecule has 0 fully saturated rings. The van der Waals surface area contributed by atoms with Crippen LogP contribution in [0.15, 0.2) is 56.7 Å². The van der Waals surface area contributed by atoms with Gasteiger partial charge in [0.2, 0.25) is 0 Å². The summed E-state index contributed by atoms with van der Waals surface area (Å²) in [6.45, 7) is 0. The molecule has 84 valence electrons. The van der Waals surface area contributed by atoms with E-state index in [1.54, 1.807) is 23.9 Å². The topological polar surface area (TPSA) is 49.8 Å². The molecule has 0 amide bonds. The van der Waals surface area contributed by atoms with Gasteiger partial charge in [-0.1, -0.05) is 33.8 Å². The summed E-state index contributed by atoms with van der Waals surface area (Å²) in [6, 6.07) is 15.5. The van der Waals surface area contributed by atoms with Gasteiger partial charge < -0.3 is 5.73 Å². The summed E-state index contributed by atoms with van der Waals surface area (Å²) in [5.41, 5.74) is 6.87. The molecule has 2 aromatic carbocycles. The van der Waals surface area contributed by atoms with Crippen molar-refractivity contribution in [2.75, 3.05) is 5.73 Å². The van der Waals surface area contributed by atoms with Gasteiger partial charge in [0.25, 0.3) is 0 Å². The van der Waals surface area contributed by atoms with Gasteiger partial charge in [0.1, 0.15) is 6.07 Å². The number of nitrogens with zero attached hydrogens (tertiary/aromatic N) is 1. The first kappa shape index (κ1) is 12.0. The number of benzene rings is 2. The molecule has 0 spiro atoms. The van der Waals surface area contributed by atoms with Crippen molar-refractivity contribution >= 4 is 33.4 Å². The molecule has 2 nitrogen and oxygen atoms in total. The second-order valence-electron chi connectivity index (χ2n) is 3.43. The number of nitrogen functional groups attached to an aromatic ring is 1. The van der Waals surface area contributed by atoms with Gasteiger partial charge >= 0.3 is 0 Å². The van der Waals surface area contributed by atoms with Crippen LogP contribution in [0.4, 0.5) is 5.69 Å². The number of hydrogen-bond donors (Lipinski definition) is 1. The van der Waals surface area contributed by atoms with Crippen molar-refractivity contribution in [3.05, 3.63) is 52.5 Å². The molecule has 4 heteroatoms. The van der Waals surface area contributed by atoms with Crippen LogP contribution in [0.1, 0.15) is 5.56 Å². The van der Waals surface area contributed by atoms with Crippen molar-refractivity contribution in [2.24, 2.45) is 0 Å². The van der Waals surface area contributed by atoms with Crippen molar-refractivity contribution in [3.8, 4) is 6.07 Å². The molecular weight excluding hydrogens is 296 g/mol. The van der Waals surface area contributed by atoms with E-state index in [1.807, 2.05) is 30.3 Å². The van der Waals surface area contributed by atoms with Crippen molar-refractivity contribution in [1.82, 2.24) is 0 Å². The Morgan fingerprint density at radius 3 is 2.71 bits per heavy atom. The average molecular weight is 305 g/mol. The van der Waals surface area contributed by atoms with Gasteiger partial charge in [-0.25, -0.2) is 0 Å². The molecule has 2 N–H and O–H groups in total. The molecule has 0 aliphatic rings. The lowest BCUT2D eigenvalue weighted by Gasteiger charge is -2.05. The number of anilines is 1. The molecule has 2 rings (SSSR count). The Balaban J connectivity index is 2.34. The minimum absolute atomic E-state index is 0.606. The molecule has 0 atom stereocenters. The van der Waals surface area contributed by atoms with Crippen LogP contribution in [0.25, 0.3) is 0 Å². The van der Waals surface area contributed by atoms with E-state index in [0.717, 1.165) is 14.3 Å². The third-order valence-corrected chi connectivity index (χ3v) is 3.71. The Bertz CT molecular complexity index is 590. The van der Waals surface area contributed by atoms with Crippen molar-refractivity contribution < 1.29 is 0 Å². The second-order valence-corrected chi connectivity index (χ2v) is 5.46. The normalized spacial score (nSPS) is 9.88. The highest BCUT2D eigenvalue weighted by Gasteiger charge is 2.04. The van der Waals surface area contributed by atoms with Gasteiger partial charge in [0.05, 0.1) is 5.56 Å². The van der Waals surface area contributed by atoms with E-state index in [-0.39, 0.29) is 0 Å². The largest absolute Gasteiger partial charge is 0.399 e. The van der Waals surface area contributed by atoms with Gasteiger partial charge in [0, 0.05) is 20.0 Å². The maximum Gasteiger partial charge on any atom is 0.100 e. The molecule has 0 aromatic heterocycles. The van der Waals surface area contributed by atoms with E-state index in [9.17, 15) is 0 Å². The SMILES string of the molecule is N#Cc1cc(N)ccc1Sc1cccc(Br)c1. The summed E-state index contributed by atoms with van der Waals surface area (Å²) in [4.78, 5) is 2.00. The first-order valence-corrected chi connectivity index (χ1v) is 6.53. The molecule has 0 unspecified atom stereocenters. The van der Waals surface area contributed by atoms with Crippen LogP contribution >= 0.6 is 27.7 Å². The fraction of sp³-hybridized carbons (Fsp3) is 0. The summed E-state index contributed by atoms with van der Waals surface area (Å²) >= 11 is 4.98. The Morgan fingerprint density at radius 1 is 1.18 bits per heavy atom. The minimum Gasteiger partial charge on any atom is -0.399 e. The molecule has 0 saturated heterocycles. The lowest BCUT2D eigenvalue weighted by molar-refractivity contribution is 1.35. The third kappa shape index (κ3) is 3.02. The molecule has 0 aliphatic heterocycles. The summed E-state index contributed by atoms with van der Waals surface area (Å²) in [7, 11) is 0. The standard InChI is InChI=1S/C13H9BrN2S/c14-10-2-1-3-12(7-10)17-13-5-4-11(16)6-9(13)8-15/h1-7H,16H2. The van der Waals surface area contributed by atoms with Crippen LogP contribution in [-0.4, -0.2) is 0 Å². The predicted octanol–water partition coefficient (Wildman–Crippen LogP) is 4.05. The fourth-order valence-electron chi connectivity index (χ4n) is 1.38. The van der Waals surface area contributed by atoms with Gasteiger partial charge in [-0.2, -0.15) is 5.26 Å². The van der Waals surface area contributed by atoms with Crippen LogP contribution < -0.4 is 5.73 Å². The number of nitrogens with two attached hydrogens (primary N) is 1. The molecule has 17 heavy (non-hydrogen) atoms. The number of hydrogen-bond acceptors (Lipinski definition) is 3. The van der Waals surface area contributed by atoms with E-state index >= 15 is 0 Å². The van der Waals surface area contributed by atoms with E-state index < -0.39 is 0 Å². The van der Waals surface area contributed by atoms with Crippen LogP contribution in [0.3, 0.4) is 0 Å². The first-order valence-electron chi connectivity index (χ1n) is 4.92. The molecule has 0 aliphatic carbocycles. The zero-order valence-electron chi connectivity index (χ0n) is 8.85. The number of nitriles is 1. The third-order valence-electron chi connectivity index (χ3n) is 2.15. The zero-order valence-corrected chi connectivity index (χ0v) is 11.3. The average Bonchev–Trinajstić information content (AvgIpc) is 2.31. The summed E-state index contributed by atoms with van der Waals surface area (Å²) < 4.78 is 1.02. The zero-order chi connectivity index (χ0) is 12.3. The van der Waals surface area contributed by atoms with E-state index in [2.05, 4.69) is 22.0 Å². The highest BCUT2D eigenvalue weighted by atomic mass is 79.9. The molecule has 0 bridgehead atoms. The highest BCUT2D eigenvalue weighted by molar-refractivity contribution is 9.10. The van der Waals surface area contributed by atoms with Crippen molar-refractivity contribution in [3.63, 3.8) is 0 Å². The smallest absolute Gasteiger partial charge is 0.100 e. The number of rotatable bonds is 2. The lowest BCUT2D eigenvalue weighted by Crippen LogP contribution is -1.88. The van der Waals surface area contributed by atoms with Crippen molar-refractivity contribution in [1.29, 1.82) is 5.26 Å².